The van der Waals surface area contributed by atoms with E-state index in [1.807, 2.05) is 26.8 Å². The zero-order chi connectivity index (χ0) is 28.3. The normalized spacial score (nSPS) is 46.3. The lowest BCUT2D eigenvalue weighted by atomic mass is 9.33. The molecule has 0 unspecified atom stereocenters. The lowest BCUT2D eigenvalue weighted by molar-refractivity contribution is -0.191. The zero-order valence-electron chi connectivity index (χ0n) is 24.3. The van der Waals surface area contributed by atoms with E-state index >= 15 is 0 Å². The van der Waals surface area contributed by atoms with Crippen molar-refractivity contribution in [2.24, 2.45) is 50.2 Å². The van der Waals surface area contributed by atoms with Gasteiger partial charge in [-0.05, 0) is 84.7 Å². The lowest BCUT2D eigenvalue weighted by Crippen LogP contribution is -2.67. The number of rotatable bonds is 1. The Morgan fingerprint density at radius 1 is 0.974 bits per heavy atom. The van der Waals surface area contributed by atoms with Crippen molar-refractivity contribution in [2.75, 3.05) is 7.11 Å². The maximum Gasteiger partial charge on any atom is 0.312 e. The maximum absolute atomic E-state index is 14.4. The van der Waals surface area contributed by atoms with Gasteiger partial charge in [0.15, 0.2) is 5.78 Å². The van der Waals surface area contributed by atoms with Crippen LogP contribution in [0.3, 0.4) is 0 Å². The van der Waals surface area contributed by atoms with Crippen molar-refractivity contribution in [1.29, 1.82) is 0 Å². The number of allylic oxidation sites excluding steroid dienone is 3. The molecule has 0 aromatic carbocycles. The van der Waals surface area contributed by atoms with Crippen LogP contribution in [0, 0.1) is 50.2 Å². The summed E-state index contributed by atoms with van der Waals surface area (Å²) in [7, 11) is 1.47. The van der Waals surface area contributed by atoms with Crippen LogP contribution in [-0.2, 0) is 23.9 Å². The van der Waals surface area contributed by atoms with Crippen LogP contribution in [0.4, 0.5) is 0 Å². The largest absolute Gasteiger partial charge is 0.469 e. The molecule has 0 bridgehead atoms. The Kier molecular flexibility index (Phi) is 5.96. The highest BCUT2D eigenvalue weighted by atomic mass is 35.5. The number of methoxy groups -OCH3 is 1. The van der Waals surface area contributed by atoms with Gasteiger partial charge in [0.05, 0.1) is 12.5 Å². The highest BCUT2D eigenvalue weighted by molar-refractivity contribution is 6.48. The first-order valence-corrected chi connectivity index (χ1v) is 14.7. The molecule has 0 aliphatic heterocycles. The molecule has 0 saturated heterocycles. The molecule has 5 aliphatic carbocycles. The topological polar surface area (TPSA) is 77.5 Å². The Balaban J connectivity index is 1.72. The maximum atomic E-state index is 14.4. The summed E-state index contributed by atoms with van der Waals surface area (Å²) >= 11 is 6.32. The fraction of sp³-hybridized carbons (Fsp3) is 0.750. The molecule has 0 heterocycles. The van der Waals surface area contributed by atoms with Crippen LogP contribution in [-0.4, -0.2) is 30.4 Å². The van der Waals surface area contributed by atoms with Gasteiger partial charge in [-0.3, -0.25) is 19.2 Å². The number of esters is 1. The minimum atomic E-state index is -0.849. The monoisotopic (exact) mass is 542 g/mol. The van der Waals surface area contributed by atoms with Crippen molar-refractivity contribution >= 4 is 34.9 Å². The van der Waals surface area contributed by atoms with E-state index < -0.39 is 33.2 Å². The van der Waals surface area contributed by atoms with Crippen molar-refractivity contribution in [3.05, 3.63) is 22.8 Å². The van der Waals surface area contributed by atoms with Crippen molar-refractivity contribution in [3.8, 4) is 0 Å². The first-order valence-electron chi connectivity index (χ1n) is 14.2. The van der Waals surface area contributed by atoms with E-state index in [4.69, 9.17) is 16.3 Å². The van der Waals surface area contributed by atoms with Gasteiger partial charge in [-0.25, -0.2) is 0 Å². The molecular weight excluding hydrogens is 500 g/mol. The second-order valence-electron chi connectivity index (χ2n) is 15.0. The van der Waals surface area contributed by atoms with Gasteiger partial charge in [0.25, 0.3) is 0 Å². The predicted octanol–water partition coefficient (Wildman–Crippen LogP) is 6.62. The van der Waals surface area contributed by atoms with E-state index in [1.54, 1.807) is 0 Å². The summed E-state index contributed by atoms with van der Waals surface area (Å²) < 4.78 is 5.40. The standard InChI is InChI=1S/C32H43ClO5/c1-27(2)11-13-32(26(37)38-8)14-12-30(6)23(18(32)16-27)20(34)15-22-29(30,5)10-9-21-28(3,4)25(36)24(35)19(17-33)31(21,22)7/h15,17-18,21,23H,9-14,16H2,1-8H3/t18-,21-,23-,29+,30+,31-,32-/m0/s1. The summed E-state index contributed by atoms with van der Waals surface area (Å²) in [5.41, 5.74) is -0.487. The van der Waals surface area contributed by atoms with Crippen LogP contribution >= 0.6 is 11.6 Å². The molecule has 4 fully saturated rings. The molecule has 0 spiro atoms. The molecule has 38 heavy (non-hydrogen) atoms. The predicted molar refractivity (Wildman–Crippen MR) is 146 cm³/mol. The minimum absolute atomic E-state index is 0.0317. The molecule has 0 N–H and O–H groups in total. The van der Waals surface area contributed by atoms with Gasteiger partial charge in [-0.2, -0.15) is 0 Å². The van der Waals surface area contributed by atoms with Gasteiger partial charge in [-0.15, -0.1) is 0 Å². The van der Waals surface area contributed by atoms with E-state index in [0.29, 0.717) is 12.0 Å². The van der Waals surface area contributed by atoms with Crippen LogP contribution in [0.2, 0.25) is 0 Å². The summed E-state index contributed by atoms with van der Waals surface area (Å²) in [5, 5.41) is 0. The third-order valence-corrected chi connectivity index (χ3v) is 12.9. The lowest BCUT2D eigenvalue weighted by Gasteiger charge is -2.69. The van der Waals surface area contributed by atoms with E-state index in [9.17, 15) is 19.2 Å². The number of hydrogen-bond acceptors (Lipinski definition) is 5. The molecule has 208 valence electrons. The van der Waals surface area contributed by atoms with E-state index in [2.05, 4.69) is 27.7 Å². The Morgan fingerprint density at radius 2 is 1.61 bits per heavy atom. The van der Waals surface area contributed by atoms with Crippen molar-refractivity contribution in [3.63, 3.8) is 0 Å². The van der Waals surface area contributed by atoms with Crippen LogP contribution in [0.5, 0.6) is 0 Å². The molecule has 0 amide bonds. The Bertz CT molecular complexity index is 1210. The van der Waals surface area contributed by atoms with Crippen LogP contribution in [0.1, 0.15) is 93.4 Å². The van der Waals surface area contributed by atoms with Gasteiger partial charge in [0.1, 0.15) is 0 Å². The first-order chi connectivity index (χ1) is 17.5. The van der Waals surface area contributed by atoms with Gasteiger partial charge in [-0.1, -0.05) is 60.1 Å². The molecule has 5 rings (SSSR count). The smallest absolute Gasteiger partial charge is 0.312 e. The number of ether oxygens (including phenoxy) is 1. The highest BCUT2D eigenvalue weighted by Crippen LogP contribution is 2.75. The molecule has 7 atom stereocenters. The first kappa shape index (κ1) is 27.8. The summed E-state index contributed by atoms with van der Waals surface area (Å²) in [6.45, 7) is 14.8. The van der Waals surface area contributed by atoms with Crippen molar-refractivity contribution in [2.45, 2.75) is 93.4 Å². The summed E-state index contributed by atoms with van der Waals surface area (Å²) in [6, 6.07) is 0. The summed E-state index contributed by atoms with van der Waals surface area (Å²) in [4.78, 5) is 54.4. The van der Waals surface area contributed by atoms with Crippen LogP contribution < -0.4 is 0 Å². The van der Waals surface area contributed by atoms with Gasteiger partial charge in [0.2, 0.25) is 11.6 Å². The molecule has 6 heteroatoms. The molecule has 0 radical (unpaired) electrons. The number of Topliss-reactive ketones (excluding diaryl/α,β-unsaturated/α-hetero) is 2. The molecule has 4 saturated carbocycles. The Hall–Kier alpha value is -1.75. The number of fused-ring (bicyclic) bond motifs is 7. The molecule has 5 nitrogen and oxygen atoms in total. The number of hydrogen-bond donors (Lipinski definition) is 0. The average molecular weight is 543 g/mol. The number of carbonyl (C=O) groups is 4. The molecule has 0 aromatic heterocycles. The number of carbonyl (C=O) groups excluding carboxylic acids is 4. The fourth-order valence-corrected chi connectivity index (χ4v) is 10.6. The summed E-state index contributed by atoms with van der Waals surface area (Å²) in [5.74, 6) is -1.59. The Labute approximate surface area is 232 Å². The van der Waals surface area contributed by atoms with E-state index in [0.717, 1.165) is 44.1 Å². The molecule has 5 aliphatic rings. The van der Waals surface area contributed by atoms with Gasteiger partial charge >= 0.3 is 5.97 Å². The quantitative estimate of drug-likeness (QED) is 0.211. The summed E-state index contributed by atoms with van der Waals surface area (Å²) in [6.07, 6.45) is 7.32. The second kappa shape index (κ2) is 8.15. The molecule has 0 aromatic rings. The average Bonchev–Trinajstić information content (AvgIpc) is 2.83. The van der Waals surface area contributed by atoms with Gasteiger partial charge in [0, 0.05) is 27.9 Å². The fourth-order valence-electron chi connectivity index (χ4n) is 10.3. The van der Waals surface area contributed by atoms with Crippen LogP contribution in [0.15, 0.2) is 22.8 Å². The van der Waals surface area contributed by atoms with Gasteiger partial charge < -0.3 is 4.74 Å². The third kappa shape index (κ3) is 3.12. The second-order valence-corrected chi connectivity index (χ2v) is 15.2. The SMILES string of the molecule is COC(=O)[C@]12CCC(C)(C)C[C@H]1[C@H]1C(=O)C=C3[C@@]4(C)C(=CCl)C(=O)C(=O)C(C)(C)[C@@H]4CC[C@@]3(C)[C@]1(C)CC2. The Morgan fingerprint density at radius 3 is 2.21 bits per heavy atom. The molecular formula is C32H43ClO5. The number of halogens is 1. The van der Waals surface area contributed by atoms with E-state index in [1.165, 1.54) is 12.6 Å². The third-order valence-electron chi connectivity index (χ3n) is 12.7. The van der Waals surface area contributed by atoms with Crippen LogP contribution in [0.25, 0.3) is 0 Å². The van der Waals surface area contributed by atoms with E-state index in [-0.39, 0.29) is 40.3 Å². The van der Waals surface area contributed by atoms with Crippen molar-refractivity contribution < 1.29 is 23.9 Å². The number of ketones is 3. The zero-order valence-corrected chi connectivity index (χ0v) is 25.0. The van der Waals surface area contributed by atoms with Crippen molar-refractivity contribution in [1.82, 2.24) is 0 Å². The minimum Gasteiger partial charge on any atom is -0.469 e. The highest BCUT2D eigenvalue weighted by Gasteiger charge is 2.72.